The second-order valence-corrected chi connectivity index (χ2v) is 9.79. The molecule has 1 aromatic heterocycles. The van der Waals surface area contributed by atoms with E-state index in [9.17, 15) is 14.4 Å². The van der Waals surface area contributed by atoms with Crippen molar-refractivity contribution in [1.29, 1.82) is 0 Å². The number of H-pyrrole nitrogens is 1. The number of aromatic amines is 1. The molecule has 0 saturated carbocycles. The van der Waals surface area contributed by atoms with E-state index in [-0.39, 0.29) is 36.4 Å². The number of rotatable bonds is 9. The van der Waals surface area contributed by atoms with Crippen LogP contribution in [0.5, 0.6) is 5.75 Å². The number of amides is 2. The number of likely N-dealkylation sites (tertiary alicyclic amines) is 1. The number of carbonyl (C=O) groups is 3. The Kier molecular flexibility index (Phi) is 9.18. The molecule has 1 fully saturated rings. The predicted molar refractivity (Wildman–Crippen MR) is 138 cm³/mol. The Morgan fingerprint density at radius 3 is 2.31 bits per heavy atom. The minimum absolute atomic E-state index is 0.0252. The lowest BCUT2D eigenvalue weighted by molar-refractivity contribution is -0.126. The molecule has 0 unspecified atom stereocenters. The summed E-state index contributed by atoms with van der Waals surface area (Å²) in [7, 11) is 0. The Hall–Kier alpha value is -3.29. The van der Waals surface area contributed by atoms with Crippen molar-refractivity contribution >= 4 is 17.8 Å². The maximum Gasteiger partial charge on any atom is 0.340 e. The molecule has 0 bridgehead atoms. The molecule has 0 spiro atoms. The van der Waals surface area contributed by atoms with E-state index in [2.05, 4.69) is 10.3 Å². The molecule has 1 aliphatic heterocycles. The number of hydrogen-bond acceptors (Lipinski definition) is 5. The van der Waals surface area contributed by atoms with E-state index in [0.717, 1.165) is 24.2 Å². The van der Waals surface area contributed by atoms with Crippen molar-refractivity contribution in [2.75, 3.05) is 19.7 Å². The van der Waals surface area contributed by atoms with Crippen molar-refractivity contribution in [3.63, 3.8) is 0 Å². The Morgan fingerprint density at radius 2 is 1.72 bits per heavy atom. The Balaban J connectivity index is 1.51. The molecule has 0 aliphatic carbocycles. The molecule has 3 rings (SSSR count). The molecule has 196 valence electrons. The van der Waals surface area contributed by atoms with Gasteiger partial charge in [-0.25, -0.2) is 4.79 Å². The molecule has 8 heteroatoms. The van der Waals surface area contributed by atoms with Gasteiger partial charge in [-0.1, -0.05) is 19.1 Å². The van der Waals surface area contributed by atoms with Crippen LogP contribution in [-0.2, 0) is 16.1 Å². The van der Waals surface area contributed by atoms with Crippen molar-refractivity contribution in [1.82, 2.24) is 15.2 Å². The van der Waals surface area contributed by atoms with Crippen LogP contribution in [0.25, 0.3) is 0 Å². The van der Waals surface area contributed by atoms with Gasteiger partial charge in [0.2, 0.25) is 5.91 Å². The lowest BCUT2D eigenvalue weighted by Gasteiger charge is -2.34. The van der Waals surface area contributed by atoms with Gasteiger partial charge >= 0.3 is 5.97 Å². The molecule has 2 N–H and O–H groups in total. The number of nitrogens with one attached hydrogen (secondary N) is 2. The molecular weight excluding hydrogens is 458 g/mol. The third-order valence-electron chi connectivity index (χ3n) is 6.84. The maximum absolute atomic E-state index is 13.2. The first-order chi connectivity index (χ1) is 17.1. The molecule has 2 aromatic rings. The van der Waals surface area contributed by atoms with Gasteiger partial charge in [0.1, 0.15) is 11.4 Å². The minimum Gasteiger partial charge on any atom is -0.491 e. The summed E-state index contributed by atoms with van der Waals surface area (Å²) in [6, 6.07) is 7.76. The van der Waals surface area contributed by atoms with Crippen molar-refractivity contribution in [3.8, 4) is 5.75 Å². The van der Waals surface area contributed by atoms with Crippen LogP contribution in [0.4, 0.5) is 0 Å². The molecule has 36 heavy (non-hydrogen) atoms. The van der Waals surface area contributed by atoms with Gasteiger partial charge in [-0.15, -0.1) is 0 Å². The van der Waals surface area contributed by atoms with Gasteiger partial charge in [0, 0.05) is 31.2 Å². The Labute approximate surface area is 213 Å². The summed E-state index contributed by atoms with van der Waals surface area (Å²) in [6.07, 6.45) is 1.63. The summed E-state index contributed by atoms with van der Waals surface area (Å²) in [6.45, 7) is 13.1. The smallest absolute Gasteiger partial charge is 0.340 e. The number of hydrogen-bond donors (Lipinski definition) is 2. The van der Waals surface area contributed by atoms with E-state index >= 15 is 0 Å². The largest absolute Gasteiger partial charge is 0.491 e. The lowest BCUT2D eigenvalue weighted by Crippen LogP contribution is -2.42. The van der Waals surface area contributed by atoms with Crippen LogP contribution in [0, 0.1) is 25.7 Å². The summed E-state index contributed by atoms with van der Waals surface area (Å²) < 4.78 is 10.8. The molecule has 2 heterocycles. The first kappa shape index (κ1) is 27.3. The number of carbonyl (C=O) groups excluding carboxylic acids is 3. The van der Waals surface area contributed by atoms with Gasteiger partial charge in [0.05, 0.1) is 18.3 Å². The van der Waals surface area contributed by atoms with E-state index in [0.29, 0.717) is 42.1 Å². The zero-order chi connectivity index (χ0) is 26.4. The monoisotopic (exact) mass is 497 g/mol. The van der Waals surface area contributed by atoms with Crippen LogP contribution in [-0.4, -0.2) is 53.5 Å². The molecule has 0 radical (unpaired) electrons. The third kappa shape index (κ3) is 6.47. The highest BCUT2D eigenvalue weighted by molar-refractivity contribution is 6.00. The summed E-state index contributed by atoms with van der Waals surface area (Å²) in [4.78, 5) is 43.1. The normalized spacial score (nSPS) is 15.0. The van der Waals surface area contributed by atoms with Gasteiger partial charge in [-0.05, 0) is 76.6 Å². The Bertz CT molecular complexity index is 1070. The van der Waals surface area contributed by atoms with Gasteiger partial charge in [-0.2, -0.15) is 0 Å². The maximum atomic E-state index is 13.2. The van der Waals surface area contributed by atoms with Gasteiger partial charge in [0.15, 0.2) is 0 Å². The van der Waals surface area contributed by atoms with Crippen molar-refractivity contribution in [2.24, 2.45) is 11.8 Å². The number of nitrogens with zero attached hydrogens (tertiary/aromatic N) is 1. The van der Waals surface area contributed by atoms with Crippen LogP contribution < -0.4 is 10.1 Å². The quantitative estimate of drug-likeness (QED) is 0.500. The minimum atomic E-state index is -0.416. The summed E-state index contributed by atoms with van der Waals surface area (Å²) in [5, 5.41) is 3.04. The van der Waals surface area contributed by atoms with Gasteiger partial charge in [-0.3, -0.25) is 9.59 Å². The SMILES string of the molecule is CCOC(=O)c1c(C)[nH]c(C(=O)N2CCC([C@@H](C)C(=O)NCc3ccc(OC(C)C)cc3)CC2)c1C. The summed E-state index contributed by atoms with van der Waals surface area (Å²) in [5.41, 5.74) is 3.14. The summed E-state index contributed by atoms with van der Waals surface area (Å²) in [5.74, 6) is 0.370. The highest BCUT2D eigenvalue weighted by Gasteiger charge is 2.32. The number of aromatic nitrogens is 1. The third-order valence-corrected chi connectivity index (χ3v) is 6.84. The predicted octanol–water partition coefficient (Wildman–Crippen LogP) is 4.40. The molecule has 8 nitrogen and oxygen atoms in total. The number of esters is 1. The van der Waals surface area contributed by atoms with Crippen LogP contribution in [0.1, 0.15) is 78.2 Å². The highest BCUT2D eigenvalue weighted by atomic mass is 16.5. The van der Waals surface area contributed by atoms with Crippen molar-refractivity contribution in [3.05, 3.63) is 52.3 Å². The zero-order valence-electron chi connectivity index (χ0n) is 22.3. The summed E-state index contributed by atoms with van der Waals surface area (Å²) >= 11 is 0. The Morgan fingerprint density at radius 1 is 1.08 bits per heavy atom. The first-order valence-electron chi connectivity index (χ1n) is 12.8. The van der Waals surface area contributed by atoms with Crippen molar-refractivity contribution < 1.29 is 23.9 Å². The second-order valence-electron chi connectivity index (χ2n) is 9.79. The van der Waals surface area contributed by atoms with Crippen LogP contribution in [0.15, 0.2) is 24.3 Å². The average Bonchev–Trinajstić information content (AvgIpc) is 3.16. The van der Waals surface area contributed by atoms with Gasteiger partial charge in [0.25, 0.3) is 5.91 Å². The topological polar surface area (TPSA) is 101 Å². The van der Waals surface area contributed by atoms with E-state index in [1.165, 1.54) is 0 Å². The average molecular weight is 498 g/mol. The van der Waals surface area contributed by atoms with Crippen LogP contribution in [0.2, 0.25) is 0 Å². The molecule has 2 amide bonds. The van der Waals surface area contributed by atoms with Gasteiger partial charge < -0.3 is 24.7 Å². The van der Waals surface area contributed by atoms with E-state index < -0.39 is 5.97 Å². The second kappa shape index (κ2) is 12.1. The van der Waals surface area contributed by atoms with E-state index in [4.69, 9.17) is 9.47 Å². The first-order valence-corrected chi connectivity index (χ1v) is 12.8. The molecular formula is C28H39N3O5. The molecule has 1 aromatic carbocycles. The fraction of sp³-hybridized carbons (Fsp3) is 0.536. The zero-order valence-corrected chi connectivity index (χ0v) is 22.3. The van der Waals surface area contributed by atoms with Crippen LogP contribution >= 0.6 is 0 Å². The molecule has 1 saturated heterocycles. The van der Waals surface area contributed by atoms with E-state index in [1.54, 1.807) is 25.7 Å². The highest BCUT2D eigenvalue weighted by Crippen LogP contribution is 2.28. The fourth-order valence-electron chi connectivity index (χ4n) is 4.76. The molecule has 1 aliphatic rings. The fourth-order valence-corrected chi connectivity index (χ4v) is 4.76. The number of piperidine rings is 1. The lowest BCUT2D eigenvalue weighted by atomic mass is 9.84. The van der Waals surface area contributed by atoms with E-state index in [1.807, 2.05) is 45.0 Å². The number of benzene rings is 1. The number of ether oxygens (including phenoxy) is 2. The standard InChI is InChI=1S/C28H39N3O5/c1-7-35-28(34)24-19(5)25(30-20(24)6)27(33)31-14-12-22(13-15-31)18(4)26(32)29-16-21-8-10-23(11-9-21)36-17(2)3/h8-11,17-18,22,30H,7,12-16H2,1-6H3,(H,29,32)/t18-/m1/s1. The van der Waals surface area contributed by atoms with Crippen molar-refractivity contribution in [2.45, 2.75) is 67.0 Å². The molecule has 1 atom stereocenters. The number of aryl methyl sites for hydroxylation is 1. The van der Waals surface area contributed by atoms with Crippen LogP contribution in [0.3, 0.4) is 0 Å².